The van der Waals surface area contributed by atoms with Crippen LogP contribution in [0.15, 0.2) is 66.9 Å². The molecule has 0 unspecified atom stereocenters. The number of hydrogen-bond acceptors (Lipinski definition) is 6. The number of aliphatic hydroxyl groups is 1. The monoisotopic (exact) mass is 584 g/mol. The average molecular weight is 585 g/mol. The number of nitrogens with one attached hydrogen (secondary N) is 1. The summed E-state index contributed by atoms with van der Waals surface area (Å²) in [4.78, 5) is 31.9. The first-order valence-corrected chi connectivity index (χ1v) is 15.3. The Kier molecular flexibility index (Phi) is 8.90. The largest absolute Gasteiger partial charge is 0.447 e. The molecule has 0 saturated heterocycles. The van der Waals surface area contributed by atoms with Gasteiger partial charge in [0.05, 0.1) is 29.3 Å². The molecule has 0 radical (unpaired) electrons. The molecule has 43 heavy (non-hydrogen) atoms. The fourth-order valence-electron chi connectivity index (χ4n) is 6.72. The Balaban J connectivity index is 1.25. The lowest BCUT2D eigenvalue weighted by Gasteiger charge is -2.49. The van der Waals surface area contributed by atoms with Crippen LogP contribution in [-0.4, -0.2) is 51.8 Å². The van der Waals surface area contributed by atoms with Crippen LogP contribution >= 0.6 is 0 Å². The van der Waals surface area contributed by atoms with Crippen LogP contribution in [0.3, 0.4) is 0 Å². The molecule has 0 aliphatic heterocycles. The topological polar surface area (TPSA) is 118 Å². The third kappa shape index (κ3) is 7.25. The van der Waals surface area contributed by atoms with Crippen LogP contribution in [0.25, 0.3) is 22.4 Å². The van der Waals surface area contributed by atoms with Gasteiger partial charge in [-0.25, -0.2) is 4.79 Å². The van der Waals surface area contributed by atoms with E-state index in [1.165, 1.54) is 0 Å². The number of aromatic nitrogens is 1. The van der Waals surface area contributed by atoms with Gasteiger partial charge in [-0.3, -0.25) is 9.78 Å². The molecule has 1 aromatic heterocycles. The minimum atomic E-state index is -0.713. The average Bonchev–Trinajstić information content (AvgIpc) is 2.96. The van der Waals surface area contributed by atoms with Crippen molar-refractivity contribution in [2.24, 2.45) is 11.7 Å². The molecule has 4 N–H and O–H groups in total. The van der Waals surface area contributed by atoms with Gasteiger partial charge < -0.3 is 25.8 Å². The molecule has 3 aromatic rings. The first-order valence-electron chi connectivity index (χ1n) is 15.3. The number of hydrogen-bond donors (Lipinski definition) is 3. The molecule has 0 atom stereocenters. The van der Waals surface area contributed by atoms with Crippen molar-refractivity contribution in [2.75, 3.05) is 12.4 Å². The molecule has 0 spiro atoms. The van der Waals surface area contributed by atoms with Gasteiger partial charge in [-0.2, -0.15) is 0 Å². The molecule has 8 heteroatoms. The molecule has 2 aromatic carbocycles. The number of nitrogens with zero attached hydrogens (tertiary/aromatic N) is 2. The fourth-order valence-corrected chi connectivity index (χ4v) is 6.72. The highest BCUT2D eigenvalue weighted by atomic mass is 16.6. The molecule has 1 heterocycles. The van der Waals surface area contributed by atoms with E-state index in [2.05, 4.69) is 5.32 Å². The summed E-state index contributed by atoms with van der Waals surface area (Å²) in [6, 6.07) is 20.3. The van der Waals surface area contributed by atoms with Crippen LogP contribution in [0.5, 0.6) is 0 Å². The summed E-state index contributed by atoms with van der Waals surface area (Å²) in [7, 11) is 1.80. The second-order valence-electron chi connectivity index (χ2n) is 13.0. The van der Waals surface area contributed by atoms with E-state index < -0.39 is 11.1 Å². The molecule has 8 nitrogen and oxygen atoms in total. The Labute approximate surface area is 254 Å². The van der Waals surface area contributed by atoms with Gasteiger partial charge in [0.15, 0.2) is 0 Å². The van der Waals surface area contributed by atoms with Gasteiger partial charge in [0.25, 0.3) is 0 Å². The summed E-state index contributed by atoms with van der Waals surface area (Å²) >= 11 is 0. The Morgan fingerprint density at radius 2 is 1.70 bits per heavy atom. The normalized spacial score (nSPS) is 25.1. The van der Waals surface area contributed by atoms with Crippen molar-refractivity contribution in [3.05, 3.63) is 72.4 Å². The Morgan fingerprint density at radius 3 is 2.30 bits per heavy atom. The quantitative estimate of drug-likeness (QED) is 0.279. The third-order valence-electron chi connectivity index (χ3n) is 8.84. The minimum absolute atomic E-state index is 0.0291. The van der Waals surface area contributed by atoms with Gasteiger partial charge in [-0.05, 0) is 82.4 Å². The van der Waals surface area contributed by atoms with Crippen molar-refractivity contribution < 1.29 is 19.4 Å². The summed E-state index contributed by atoms with van der Waals surface area (Å²) in [5, 5.41) is 13.3. The lowest BCUT2D eigenvalue weighted by atomic mass is 9.63. The molecule has 2 amide bonds. The van der Waals surface area contributed by atoms with Gasteiger partial charge in [0.1, 0.15) is 0 Å². The maximum absolute atomic E-state index is 13.1. The van der Waals surface area contributed by atoms with E-state index in [1.807, 2.05) is 81.4 Å². The number of amides is 2. The maximum atomic E-state index is 13.1. The van der Waals surface area contributed by atoms with Gasteiger partial charge in [0, 0.05) is 36.2 Å². The van der Waals surface area contributed by atoms with E-state index in [1.54, 1.807) is 18.1 Å². The molecule has 2 aliphatic carbocycles. The fraction of sp³-hybridized carbons (Fsp3) is 0.457. The maximum Gasteiger partial charge on any atom is 0.410 e. The molecule has 2 aliphatic rings. The van der Waals surface area contributed by atoms with E-state index in [0.717, 1.165) is 53.6 Å². The van der Waals surface area contributed by atoms with Crippen molar-refractivity contribution in [1.29, 1.82) is 0 Å². The number of rotatable bonds is 8. The molecule has 228 valence electrons. The lowest BCUT2D eigenvalue weighted by Crippen LogP contribution is -2.58. The van der Waals surface area contributed by atoms with Crippen molar-refractivity contribution in [1.82, 2.24) is 9.88 Å². The van der Waals surface area contributed by atoms with Crippen molar-refractivity contribution in [2.45, 2.75) is 89.0 Å². The van der Waals surface area contributed by atoms with Crippen LogP contribution in [0.2, 0.25) is 0 Å². The Bertz CT molecular complexity index is 1420. The second kappa shape index (κ2) is 12.5. The molecule has 2 saturated carbocycles. The third-order valence-corrected chi connectivity index (χ3v) is 8.84. The Hall–Kier alpha value is -3.75. The van der Waals surface area contributed by atoms with Crippen molar-refractivity contribution >= 4 is 17.7 Å². The number of anilines is 1. The highest BCUT2D eigenvalue weighted by molar-refractivity contribution is 5.93. The SMILES string of the molecule is CC(C)OC(=O)N(C)C1CCC(CC(=O)Nc2cnc(-c3ccc(C4(N)CC(C)(O)C4)cc3)c(-c3ccccc3)c2)CC1. The highest BCUT2D eigenvalue weighted by Crippen LogP contribution is 2.46. The first-order chi connectivity index (χ1) is 20.4. The summed E-state index contributed by atoms with van der Waals surface area (Å²) in [5.41, 5.74) is 10.7. The summed E-state index contributed by atoms with van der Waals surface area (Å²) in [6.07, 6.45) is 6.30. The molecular formula is C35H44N4O4. The number of benzene rings is 2. The first kappa shape index (κ1) is 30.7. The zero-order valence-electron chi connectivity index (χ0n) is 25.7. The number of carbonyl (C=O) groups excluding carboxylic acids is 2. The number of pyridine rings is 1. The molecular weight excluding hydrogens is 540 g/mol. The van der Waals surface area contributed by atoms with E-state index in [9.17, 15) is 14.7 Å². The van der Waals surface area contributed by atoms with Crippen LogP contribution < -0.4 is 11.1 Å². The minimum Gasteiger partial charge on any atom is -0.447 e. The molecule has 2 fully saturated rings. The van der Waals surface area contributed by atoms with E-state index in [4.69, 9.17) is 15.5 Å². The van der Waals surface area contributed by atoms with Crippen molar-refractivity contribution in [3.8, 4) is 22.4 Å². The van der Waals surface area contributed by atoms with E-state index in [-0.39, 0.29) is 30.1 Å². The summed E-state index contributed by atoms with van der Waals surface area (Å²) in [6.45, 7) is 5.52. The predicted molar refractivity (Wildman–Crippen MR) is 169 cm³/mol. The van der Waals surface area contributed by atoms with Crippen LogP contribution in [-0.2, 0) is 15.1 Å². The number of nitrogens with two attached hydrogens (primary N) is 1. The van der Waals surface area contributed by atoms with Crippen LogP contribution in [0.4, 0.5) is 10.5 Å². The zero-order chi connectivity index (χ0) is 30.8. The van der Waals surface area contributed by atoms with Gasteiger partial charge >= 0.3 is 6.09 Å². The second-order valence-corrected chi connectivity index (χ2v) is 13.0. The highest BCUT2D eigenvalue weighted by Gasteiger charge is 2.49. The van der Waals surface area contributed by atoms with Gasteiger partial charge in [0.2, 0.25) is 5.91 Å². The van der Waals surface area contributed by atoms with Gasteiger partial charge in [-0.15, -0.1) is 0 Å². The summed E-state index contributed by atoms with van der Waals surface area (Å²) < 4.78 is 5.34. The Morgan fingerprint density at radius 1 is 1.05 bits per heavy atom. The standard InChI is InChI=1S/C35H44N4O4/c1-23(2)43-33(41)39(4)29-16-10-24(11-17-29)18-31(40)38-28-19-30(25-8-6-5-7-9-25)32(37-20-28)26-12-14-27(15-13-26)35(36)21-34(3,42)22-35/h5-9,12-15,19-20,23-24,29,42H,10-11,16-18,21-22,36H2,1-4H3,(H,38,40). The van der Waals surface area contributed by atoms with Crippen LogP contribution in [0.1, 0.15) is 71.3 Å². The van der Waals surface area contributed by atoms with E-state index in [0.29, 0.717) is 24.9 Å². The number of ether oxygens (including phenoxy) is 1. The van der Waals surface area contributed by atoms with Gasteiger partial charge in [-0.1, -0.05) is 54.6 Å². The number of carbonyl (C=O) groups is 2. The van der Waals surface area contributed by atoms with E-state index >= 15 is 0 Å². The zero-order valence-corrected chi connectivity index (χ0v) is 25.7. The van der Waals surface area contributed by atoms with Crippen LogP contribution in [0, 0.1) is 5.92 Å². The lowest BCUT2D eigenvalue weighted by molar-refractivity contribution is -0.117. The predicted octanol–water partition coefficient (Wildman–Crippen LogP) is 6.48. The summed E-state index contributed by atoms with van der Waals surface area (Å²) in [5.74, 6) is 0.244. The molecule has 0 bridgehead atoms. The smallest absolute Gasteiger partial charge is 0.410 e. The van der Waals surface area contributed by atoms with Crippen molar-refractivity contribution in [3.63, 3.8) is 0 Å². The molecule has 5 rings (SSSR count).